The van der Waals surface area contributed by atoms with Gasteiger partial charge in [-0.3, -0.25) is 4.79 Å². The Labute approximate surface area is 193 Å². The Hall–Kier alpha value is -2.78. The number of amides is 1. The molecule has 176 valence electrons. The molecule has 2 aromatic rings. The number of carbonyl (C=O) groups is 1. The second-order valence-electron chi connectivity index (χ2n) is 8.62. The average molecular weight is 473 g/mol. The van der Waals surface area contributed by atoms with Crippen LogP contribution in [-0.2, 0) is 27.7 Å². The molecule has 0 atom stereocenters. The van der Waals surface area contributed by atoms with Gasteiger partial charge in [0.25, 0.3) is 0 Å². The van der Waals surface area contributed by atoms with E-state index in [2.05, 4.69) is 5.32 Å². The third-order valence-electron chi connectivity index (χ3n) is 6.55. The summed E-state index contributed by atoms with van der Waals surface area (Å²) in [5, 5.41) is 2.90. The molecule has 8 nitrogen and oxygen atoms in total. The van der Waals surface area contributed by atoms with Crippen molar-refractivity contribution < 1.29 is 27.4 Å². The van der Waals surface area contributed by atoms with Gasteiger partial charge in [-0.2, -0.15) is 4.31 Å². The summed E-state index contributed by atoms with van der Waals surface area (Å²) >= 11 is 0. The molecule has 1 amide bonds. The van der Waals surface area contributed by atoms with Crippen LogP contribution in [0.3, 0.4) is 0 Å². The van der Waals surface area contributed by atoms with Gasteiger partial charge in [0.1, 0.15) is 12.4 Å². The number of aryl methyl sites for hydroxylation is 2. The predicted octanol–water partition coefficient (Wildman–Crippen LogP) is 2.50. The van der Waals surface area contributed by atoms with Crippen molar-refractivity contribution in [1.29, 1.82) is 0 Å². The number of nitrogens with one attached hydrogen (secondary N) is 1. The molecule has 1 saturated heterocycles. The van der Waals surface area contributed by atoms with Crippen LogP contribution >= 0.6 is 0 Å². The van der Waals surface area contributed by atoms with E-state index in [9.17, 15) is 13.2 Å². The van der Waals surface area contributed by atoms with Crippen LogP contribution in [0.5, 0.6) is 17.2 Å². The zero-order valence-electron chi connectivity index (χ0n) is 18.4. The van der Waals surface area contributed by atoms with Crippen molar-refractivity contribution in [2.75, 3.05) is 33.0 Å². The first-order valence-electron chi connectivity index (χ1n) is 11.4. The highest BCUT2D eigenvalue weighted by Gasteiger charge is 2.32. The number of hydrogen-bond donors (Lipinski definition) is 1. The SMILES string of the molecule is O=C(NCCOc1ccc2c(c1)OCO2)C1CCN(S(=O)(=O)c2ccc3c(c2)CCC3)CC1. The molecule has 9 heteroatoms. The van der Waals surface area contributed by atoms with E-state index in [1.165, 1.54) is 9.87 Å². The van der Waals surface area contributed by atoms with Gasteiger partial charge in [0, 0.05) is 25.1 Å². The van der Waals surface area contributed by atoms with Gasteiger partial charge in [-0.05, 0) is 67.5 Å². The summed E-state index contributed by atoms with van der Waals surface area (Å²) in [4.78, 5) is 12.9. The highest BCUT2D eigenvalue weighted by Crippen LogP contribution is 2.35. The van der Waals surface area contributed by atoms with Crippen LogP contribution < -0.4 is 19.5 Å². The summed E-state index contributed by atoms with van der Waals surface area (Å²) < 4.78 is 43.9. The zero-order valence-corrected chi connectivity index (χ0v) is 19.2. The Bertz CT molecular complexity index is 1140. The fraction of sp³-hybridized carbons (Fsp3) is 0.458. The summed E-state index contributed by atoms with van der Waals surface area (Å²) in [7, 11) is -3.53. The monoisotopic (exact) mass is 472 g/mol. The van der Waals surface area contributed by atoms with Crippen LogP contribution in [0, 0.1) is 5.92 Å². The van der Waals surface area contributed by atoms with Gasteiger partial charge in [-0.15, -0.1) is 0 Å². The van der Waals surface area contributed by atoms with Crippen molar-refractivity contribution in [3.8, 4) is 17.2 Å². The molecule has 2 heterocycles. The molecule has 0 radical (unpaired) electrons. The third kappa shape index (κ3) is 4.65. The maximum Gasteiger partial charge on any atom is 0.243 e. The lowest BCUT2D eigenvalue weighted by Gasteiger charge is -2.30. The fourth-order valence-corrected chi connectivity index (χ4v) is 6.19. The molecule has 0 bridgehead atoms. The molecule has 5 rings (SSSR count). The smallest absolute Gasteiger partial charge is 0.243 e. The zero-order chi connectivity index (χ0) is 22.8. The van der Waals surface area contributed by atoms with Crippen LogP contribution in [0.4, 0.5) is 0 Å². The van der Waals surface area contributed by atoms with E-state index in [1.54, 1.807) is 24.3 Å². The topological polar surface area (TPSA) is 94.2 Å². The molecule has 0 aromatic heterocycles. The molecule has 1 aliphatic carbocycles. The number of ether oxygens (including phenoxy) is 3. The van der Waals surface area contributed by atoms with Crippen LogP contribution in [0.2, 0.25) is 0 Å². The third-order valence-corrected chi connectivity index (χ3v) is 8.44. The number of nitrogens with zero attached hydrogens (tertiary/aromatic N) is 1. The standard InChI is InChI=1S/C24H28N2O6S/c27-24(25-10-13-30-20-5-7-22-23(15-20)32-16-31-22)18-8-11-26(12-9-18)33(28,29)21-6-4-17-2-1-3-19(17)14-21/h4-7,14-15,18H,1-3,8-13,16H2,(H,25,27). The first-order valence-corrected chi connectivity index (χ1v) is 12.9. The summed E-state index contributed by atoms with van der Waals surface area (Å²) in [6.45, 7) is 1.62. The number of hydrogen-bond acceptors (Lipinski definition) is 6. The van der Waals surface area contributed by atoms with Crippen LogP contribution in [-0.4, -0.2) is 51.7 Å². The average Bonchev–Trinajstić information content (AvgIpc) is 3.50. The van der Waals surface area contributed by atoms with Crippen molar-refractivity contribution >= 4 is 15.9 Å². The van der Waals surface area contributed by atoms with E-state index in [0.717, 1.165) is 24.8 Å². The largest absolute Gasteiger partial charge is 0.492 e. The minimum Gasteiger partial charge on any atom is -0.492 e. The van der Waals surface area contributed by atoms with Gasteiger partial charge >= 0.3 is 0 Å². The predicted molar refractivity (Wildman–Crippen MR) is 121 cm³/mol. The summed E-state index contributed by atoms with van der Waals surface area (Å²) in [6.07, 6.45) is 4.08. The Balaban J connectivity index is 1.08. The number of fused-ring (bicyclic) bond motifs is 2. The summed E-state index contributed by atoms with van der Waals surface area (Å²) in [5.41, 5.74) is 2.40. The molecule has 33 heavy (non-hydrogen) atoms. The van der Waals surface area contributed by atoms with Crippen molar-refractivity contribution in [3.05, 3.63) is 47.5 Å². The quantitative estimate of drug-likeness (QED) is 0.623. The molecular formula is C24H28N2O6S. The normalized spacial score (nSPS) is 18.2. The van der Waals surface area contributed by atoms with Crippen molar-refractivity contribution in [3.63, 3.8) is 0 Å². The maximum atomic E-state index is 13.1. The van der Waals surface area contributed by atoms with Gasteiger partial charge in [0.05, 0.1) is 11.4 Å². The van der Waals surface area contributed by atoms with E-state index >= 15 is 0 Å². The summed E-state index contributed by atoms with van der Waals surface area (Å²) in [5.74, 6) is 1.75. The molecule has 0 saturated carbocycles. The molecular weight excluding hydrogens is 444 g/mol. The van der Waals surface area contributed by atoms with Gasteiger partial charge in [0.15, 0.2) is 11.5 Å². The van der Waals surface area contributed by atoms with Gasteiger partial charge in [0.2, 0.25) is 22.7 Å². The Morgan fingerprint density at radius 3 is 2.67 bits per heavy atom. The van der Waals surface area contributed by atoms with Crippen LogP contribution in [0.1, 0.15) is 30.4 Å². The van der Waals surface area contributed by atoms with Crippen LogP contribution in [0.25, 0.3) is 0 Å². The molecule has 1 fully saturated rings. The molecule has 3 aliphatic rings. The van der Waals surface area contributed by atoms with Gasteiger partial charge < -0.3 is 19.5 Å². The molecule has 2 aromatic carbocycles. The van der Waals surface area contributed by atoms with Gasteiger partial charge in [-0.1, -0.05) is 6.07 Å². The molecule has 0 unspecified atom stereocenters. The lowest BCUT2D eigenvalue weighted by Crippen LogP contribution is -2.43. The number of carbonyl (C=O) groups excluding carboxylic acids is 1. The first-order chi connectivity index (χ1) is 16.0. The van der Waals surface area contributed by atoms with Gasteiger partial charge in [-0.25, -0.2) is 8.42 Å². The Morgan fingerprint density at radius 2 is 1.82 bits per heavy atom. The highest BCUT2D eigenvalue weighted by molar-refractivity contribution is 7.89. The van der Waals surface area contributed by atoms with E-state index in [0.29, 0.717) is 61.2 Å². The van der Waals surface area contributed by atoms with E-state index in [1.807, 2.05) is 12.1 Å². The maximum absolute atomic E-state index is 13.1. The Morgan fingerprint density at radius 1 is 1.03 bits per heavy atom. The van der Waals surface area contributed by atoms with Crippen molar-refractivity contribution in [1.82, 2.24) is 9.62 Å². The van der Waals surface area contributed by atoms with Crippen molar-refractivity contribution in [2.24, 2.45) is 5.92 Å². The number of piperidine rings is 1. The molecule has 1 N–H and O–H groups in total. The van der Waals surface area contributed by atoms with E-state index < -0.39 is 10.0 Å². The lowest BCUT2D eigenvalue weighted by molar-refractivity contribution is -0.126. The van der Waals surface area contributed by atoms with E-state index in [-0.39, 0.29) is 18.6 Å². The number of rotatable bonds is 7. The number of sulfonamides is 1. The fourth-order valence-electron chi connectivity index (χ4n) is 4.67. The lowest BCUT2D eigenvalue weighted by atomic mass is 9.97. The van der Waals surface area contributed by atoms with E-state index in [4.69, 9.17) is 14.2 Å². The highest BCUT2D eigenvalue weighted by atomic mass is 32.2. The van der Waals surface area contributed by atoms with Crippen LogP contribution in [0.15, 0.2) is 41.3 Å². The minimum atomic E-state index is -3.53. The summed E-state index contributed by atoms with van der Waals surface area (Å²) in [6, 6.07) is 10.9. The second-order valence-corrected chi connectivity index (χ2v) is 10.6. The Kier molecular flexibility index (Phi) is 6.16. The van der Waals surface area contributed by atoms with Crippen molar-refractivity contribution in [2.45, 2.75) is 37.0 Å². The first kappa shape index (κ1) is 22.0. The molecule has 2 aliphatic heterocycles. The number of benzene rings is 2. The second kappa shape index (κ2) is 9.23. The minimum absolute atomic E-state index is 0.0566. The molecule has 0 spiro atoms.